The minimum absolute atomic E-state index is 0.212. The number of ether oxygens (including phenoxy) is 3. The SMILES string of the molecule is CCOC[C@@H]1C[C@@]2(C[C@@](C)(c3csc(N)n3)OC2=O)C(=O)O1. The summed E-state index contributed by atoms with van der Waals surface area (Å²) in [7, 11) is 0. The summed E-state index contributed by atoms with van der Waals surface area (Å²) in [5, 5.41) is 2.15. The number of nitrogens with two attached hydrogens (primary N) is 1. The smallest absolute Gasteiger partial charge is 0.324 e. The lowest BCUT2D eigenvalue weighted by Crippen LogP contribution is -2.32. The molecule has 0 unspecified atom stereocenters. The van der Waals surface area contributed by atoms with E-state index in [9.17, 15) is 9.59 Å². The molecule has 3 atom stereocenters. The molecule has 3 heterocycles. The molecule has 0 amide bonds. The lowest BCUT2D eigenvalue weighted by atomic mass is 9.78. The predicted molar refractivity (Wildman–Crippen MR) is 78.0 cm³/mol. The van der Waals surface area contributed by atoms with Crippen LogP contribution in [0.4, 0.5) is 5.13 Å². The van der Waals surface area contributed by atoms with Crippen LogP contribution < -0.4 is 5.73 Å². The molecule has 7 nitrogen and oxygen atoms in total. The Morgan fingerprint density at radius 1 is 1.50 bits per heavy atom. The van der Waals surface area contributed by atoms with E-state index >= 15 is 0 Å². The van der Waals surface area contributed by atoms with E-state index < -0.39 is 29.1 Å². The van der Waals surface area contributed by atoms with E-state index in [1.807, 2.05) is 6.92 Å². The van der Waals surface area contributed by atoms with E-state index in [0.717, 1.165) is 0 Å². The number of rotatable bonds is 4. The summed E-state index contributed by atoms with van der Waals surface area (Å²) in [6.07, 6.45) is 0.0754. The molecule has 0 saturated carbocycles. The van der Waals surface area contributed by atoms with E-state index in [0.29, 0.717) is 17.4 Å². The number of carbonyl (C=O) groups is 2. The molecule has 1 aromatic rings. The first-order chi connectivity index (χ1) is 10.4. The van der Waals surface area contributed by atoms with Crippen LogP contribution in [0.15, 0.2) is 5.38 Å². The zero-order chi connectivity index (χ0) is 16.0. The Kier molecular flexibility index (Phi) is 3.60. The van der Waals surface area contributed by atoms with Gasteiger partial charge in [-0.3, -0.25) is 9.59 Å². The van der Waals surface area contributed by atoms with Gasteiger partial charge in [0.1, 0.15) is 6.10 Å². The number of nitrogen functional groups attached to an aromatic ring is 1. The molecule has 3 rings (SSSR count). The standard InChI is InChI=1S/C14H18N2O5S/c1-3-19-5-8-4-14(10(17)20-8)7-13(2,21-11(14)18)9-6-22-12(15)16-9/h6,8H,3-5,7H2,1-2H3,(H2,15,16)/t8-,13-,14+/m0/s1. The van der Waals surface area contributed by atoms with E-state index in [-0.39, 0.29) is 19.4 Å². The summed E-state index contributed by atoms with van der Waals surface area (Å²) in [4.78, 5) is 28.9. The maximum atomic E-state index is 12.4. The number of anilines is 1. The van der Waals surface area contributed by atoms with Crippen LogP contribution in [0, 0.1) is 5.41 Å². The minimum Gasteiger partial charge on any atom is -0.459 e. The highest BCUT2D eigenvalue weighted by atomic mass is 32.1. The average molecular weight is 326 g/mol. The second-order valence-electron chi connectivity index (χ2n) is 5.84. The van der Waals surface area contributed by atoms with Crippen LogP contribution in [0.2, 0.25) is 0 Å². The number of hydrogen-bond donors (Lipinski definition) is 1. The Balaban J connectivity index is 1.84. The Bertz CT molecular complexity index is 618. The zero-order valence-corrected chi connectivity index (χ0v) is 13.3. The highest BCUT2D eigenvalue weighted by molar-refractivity contribution is 7.13. The second kappa shape index (κ2) is 5.20. The topological polar surface area (TPSA) is 101 Å². The van der Waals surface area contributed by atoms with E-state index in [1.54, 1.807) is 12.3 Å². The first-order valence-electron chi connectivity index (χ1n) is 7.13. The number of cyclic esters (lactones) is 2. The van der Waals surface area contributed by atoms with Crippen molar-refractivity contribution >= 4 is 28.4 Å². The van der Waals surface area contributed by atoms with Gasteiger partial charge in [-0.2, -0.15) is 0 Å². The van der Waals surface area contributed by atoms with Crippen molar-refractivity contribution in [2.24, 2.45) is 5.41 Å². The molecule has 22 heavy (non-hydrogen) atoms. The molecule has 1 aromatic heterocycles. The van der Waals surface area contributed by atoms with Gasteiger partial charge in [0.2, 0.25) is 0 Å². The van der Waals surface area contributed by atoms with Crippen molar-refractivity contribution in [2.45, 2.75) is 38.4 Å². The highest BCUT2D eigenvalue weighted by Gasteiger charge is 2.65. The predicted octanol–water partition coefficient (Wildman–Crippen LogP) is 1.23. The third-order valence-electron chi connectivity index (χ3n) is 4.16. The Morgan fingerprint density at radius 2 is 2.27 bits per heavy atom. The Hall–Kier alpha value is -1.67. The lowest BCUT2D eigenvalue weighted by molar-refractivity contribution is -0.160. The fraction of sp³-hybridized carbons (Fsp3) is 0.643. The lowest BCUT2D eigenvalue weighted by Gasteiger charge is -2.20. The van der Waals surface area contributed by atoms with Crippen molar-refractivity contribution in [3.05, 3.63) is 11.1 Å². The maximum Gasteiger partial charge on any atom is 0.324 e. The third-order valence-corrected chi connectivity index (χ3v) is 4.83. The van der Waals surface area contributed by atoms with Gasteiger partial charge in [0.25, 0.3) is 0 Å². The van der Waals surface area contributed by atoms with Gasteiger partial charge in [-0.25, -0.2) is 4.98 Å². The molecule has 120 valence electrons. The van der Waals surface area contributed by atoms with Gasteiger partial charge in [0.05, 0.1) is 12.3 Å². The highest BCUT2D eigenvalue weighted by Crippen LogP contribution is 2.52. The van der Waals surface area contributed by atoms with Crippen molar-refractivity contribution in [1.82, 2.24) is 4.98 Å². The molecule has 2 N–H and O–H groups in total. The van der Waals surface area contributed by atoms with Gasteiger partial charge in [-0.05, 0) is 13.8 Å². The van der Waals surface area contributed by atoms with Gasteiger partial charge in [-0.1, -0.05) is 0 Å². The van der Waals surface area contributed by atoms with E-state index in [1.165, 1.54) is 11.3 Å². The van der Waals surface area contributed by atoms with Crippen molar-refractivity contribution in [1.29, 1.82) is 0 Å². The summed E-state index contributed by atoms with van der Waals surface area (Å²) in [5.74, 6) is -1.08. The summed E-state index contributed by atoms with van der Waals surface area (Å²) in [6, 6.07) is 0. The van der Waals surface area contributed by atoms with Gasteiger partial charge in [0.15, 0.2) is 16.1 Å². The third kappa shape index (κ3) is 2.26. The van der Waals surface area contributed by atoms with Crippen molar-refractivity contribution in [3.8, 4) is 0 Å². The van der Waals surface area contributed by atoms with Crippen molar-refractivity contribution in [2.75, 3.05) is 18.9 Å². The quantitative estimate of drug-likeness (QED) is 0.656. The first-order valence-corrected chi connectivity index (χ1v) is 8.01. The number of carbonyl (C=O) groups excluding carboxylic acids is 2. The van der Waals surface area contributed by atoms with Crippen LogP contribution in [0.3, 0.4) is 0 Å². The molecule has 2 saturated heterocycles. The molecule has 0 aliphatic carbocycles. The molecular weight excluding hydrogens is 308 g/mol. The van der Waals surface area contributed by atoms with Gasteiger partial charge in [0, 0.05) is 24.8 Å². The van der Waals surface area contributed by atoms with Crippen LogP contribution in [0.5, 0.6) is 0 Å². The molecule has 0 bridgehead atoms. The molecule has 8 heteroatoms. The number of aromatic nitrogens is 1. The van der Waals surface area contributed by atoms with Crippen LogP contribution >= 0.6 is 11.3 Å². The molecule has 2 fully saturated rings. The number of hydrogen-bond acceptors (Lipinski definition) is 8. The first kappa shape index (κ1) is 15.2. The second-order valence-corrected chi connectivity index (χ2v) is 6.73. The Labute approximate surface area is 131 Å². The van der Waals surface area contributed by atoms with Crippen LogP contribution in [0.25, 0.3) is 0 Å². The molecule has 1 spiro atoms. The maximum absolute atomic E-state index is 12.4. The average Bonchev–Trinajstić information content (AvgIpc) is 3.09. The zero-order valence-electron chi connectivity index (χ0n) is 12.5. The van der Waals surface area contributed by atoms with Crippen LogP contribution in [-0.4, -0.2) is 36.2 Å². The Morgan fingerprint density at radius 3 is 2.91 bits per heavy atom. The van der Waals surface area contributed by atoms with Crippen molar-refractivity contribution in [3.63, 3.8) is 0 Å². The van der Waals surface area contributed by atoms with E-state index in [4.69, 9.17) is 19.9 Å². The fourth-order valence-electron chi connectivity index (χ4n) is 3.09. The minimum atomic E-state index is -1.26. The normalized spacial score (nSPS) is 34.2. The van der Waals surface area contributed by atoms with E-state index in [2.05, 4.69) is 4.98 Å². The summed E-state index contributed by atoms with van der Waals surface area (Å²) in [6.45, 7) is 4.43. The van der Waals surface area contributed by atoms with Crippen LogP contribution in [-0.2, 0) is 29.4 Å². The fourth-order valence-corrected chi connectivity index (χ4v) is 3.78. The van der Waals surface area contributed by atoms with Crippen molar-refractivity contribution < 1.29 is 23.8 Å². The monoisotopic (exact) mass is 326 g/mol. The molecule has 0 radical (unpaired) electrons. The molecule has 0 aromatic carbocycles. The number of nitrogens with zero attached hydrogens (tertiary/aromatic N) is 1. The van der Waals surface area contributed by atoms with Crippen LogP contribution in [0.1, 0.15) is 32.4 Å². The van der Waals surface area contributed by atoms with Gasteiger partial charge in [-0.15, -0.1) is 11.3 Å². The molecular formula is C14H18N2O5S. The number of esters is 2. The van der Waals surface area contributed by atoms with Gasteiger partial charge >= 0.3 is 11.9 Å². The largest absolute Gasteiger partial charge is 0.459 e. The number of thiazole rings is 1. The summed E-state index contributed by atoms with van der Waals surface area (Å²) < 4.78 is 16.1. The molecule has 2 aliphatic heterocycles. The summed E-state index contributed by atoms with van der Waals surface area (Å²) >= 11 is 1.27. The summed E-state index contributed by atoms with van der Waals surface area (Å²) in [5.41, 5.74) is 4.01. The molecule has 2 aliphatic rings. The van der Waals surface area contributed by atoms with Gasteiger partial charge < -0.3 is 19.9 Å².